The lowest BCUT2D eigenvalue weighted by Crippen LogP contribution is -2.20. The summed E-state index contributed by atoms with van der Waals surface area (Å²) < 4.78 is 5.40. The molecule has 5 heteroatoms. The third-order valence-corrected chi connectivity index (χ3v) is 3.39. The Bertz CT molecular complexity index is 631. The number of ether oxygens (including phenoxy) is 1. The molecule has 0 unspecified atom stereocenters. The van der Waals surface area contributed by atoms with Crippen LogP contribution in [0.25, 0.3) is 0 Å². The van der Waals surface area contributed by atoms with Crippen LogP contribution >= 0.6 is 23.2 Å². The fourth-order valence-corrected chi connectivity index (χ4v) is 2.50. The first-order valence-corrected chi connectivity index (χ1v) is 7.16. The molecule has 0 heterocycles. The fraction of sp³-hybridized carbons (Fsp3) is 0.188. The SMILES string of the molecule is Cc1ccc(NC(=O)COc2c(Cl)cc(C)cc2Cl)cc1. The highest BCUT2D eigenvalue weighted by Gasteiger charge is 2.11. The number of benzene rings is 2. The molecule has 1 N–H and O–H groups in total. The van der Waals surface area contributed by atoms with Crippen LogP contribution in [0.4, 0.5) is 5.69 Å². The second-order valence-corrected chi connectivity index (χ2v) is 5.57. The number of aryl methyl sites for hydroxylation is 2. The minimum Gasteiger partial charge on any atom is -0.481 e. The molecule has 0 aliphatic carbocycles. The minimum atomic E-state index is -0.272. The quantitative estimate of drug-likeness (QED) is 0.890. The molecule has 0 bridgehead atoms. The van der Waals surface area contributed by atoms with Gasteiger partial charge in [0.25, 0.3) is 5.91 Å². The number of carbonyl (C=O) groups excluding carboxylic acids is 1. The Labute approximate surface area is 133 Å². The summed E-state index contributed by atoms with van der Waals surface area (Å²) in [6.45, 7) is 3.71. The van der Waals surface area contributed by atoms with Gasteiger partial charge in [-0.05, 0) is 43.7 Å². The zero-order chi connectivity index (χ0) is 15.4. The van der Waals surface area contributed by atoms with E-state index in [4.69, 9.17) is 27.9 Å². The van der Waals surface area contributed by atoms with Crippen molar-refractivity contribution in [3.05, 3.63) is 57.6 Å². The van der Waals surface area contributed by atoms with Crippen LogP contribution in [0.3, 0.4) is 0 Å². The Hall–Kier alpha value is -1.71. The van der Waals surface area contributed by atoms with Crippen molar-refractivity contribution in [2.75, 3.05) is 11.9 Å². The minimum absolute atomic E-state index is 0.156. The number of carbonyl (C=O) groups is 1. The van der Waals surface area contributed by atoms with E-state index in [2.05, 4.69) is 5.32 Å². The zero-order valence-corrected chi connectivity index (χ0v) is 13.3. The monoisotopic (exact) mass is 323 g/mol. The van der Waals surface area contributed by atoms with Gasteiger partial charge in [0.1, 0.15) is 0 Å². The highest BCUT2D eigenvalue weighted by atomic mass is 35.5. The molecule has 0 fully saturated rings. The van der Waals surface area contributed by atoms with Gasteiger partial charge >= 0.3 is 0 Å². The molecule has 0 saturated heterocycles. The Morgan fingerprint density at radius 3 is 2.19 bits per heavy atom. The molecule has 2 aromatic carbocycles. The van der Waals surface area contributed by atoms with E-state index in [-0.39, 0.29) is 12.5 Å². The van der Waals surface area contributed by atoms with E-state index in [1.54, 1.807) is 12.1 Å². The highest BCUT2D eigenvalue weighted by Crippen LogP contribution is 2.33. The van der Waals surface area contributed by atoms with Gasteiger partial charge in [-0.1, -0.05) is 40.9 Å². The van der Waals surface area contributed by atoms with Crippen LogP contribution in [0, 0.1) is 13.8 Å². The molecule has 2 rings (SSSR count). The molecule has 0 aliphatic rings. The topological polar surface area (TPSA) is 38.3 Å². The summed E-state index contributed by atoms with van der Waals surface area (Å²) in [5.74, 6) is 0.0505. The summed E-state index contributed by atoms with van der Waals surface area (Å²) in [7, 11) is 0. The maximum atomic E-state index is 11.8. The summed E-state index contributed by atoms with van der Waals surface area (Å²) in [6, 6.07) is 11.0. The molecule has 0 atom stereocenters. The lowest BCUT2D eigenvalue weighted by molar-refractivity contribution is -0.118. The largest absolute Gasteiger partial charge is 0.481 e. The molecule has 1 amide bonds. The third-order valence-electron chi connectivity index (χ3n) is 2.83. The van der Waals surface area contributed by atoms with E-state index >= 15 is 0 Å². The van der Waals surface area contributed by atoms with Crippen LogP contribution < -0.4 is 10.1 Å². The standard InChI is InChI=1S/C16H15Cl2NO2/c1-10-3-5-12(6-4-10)19-15(20)9-21-16-13(17)7-11(2)8-14(16)18/h3-8H,9H2,1-2H3,(H,19,20). The van der Waals surface area contributed by atoms with Crippen molar-refractivity contribution in [1.29, 1.82) is 0 Å². The van der Waals surface area contributed by atoms with Crippen LogP contribution in [-0.2, 0) is 4.79 Å². The molecular weight excluding hydrogens is 309 g/mol. The van der Waals surface area contributed by atoms with Gasteiger partial charge in [0.2, 0.25) is 0 Å². The Balaban J connectivity index is 1.97. The van der Waals surface area contributed by atoms with Crippen molar-refractivity contribution in [2.45, 2.75) is 13.8 Å². The van der Waals surface area contributed by atoms with Gasteiger partial charge in [-0.3, -0.25) is 4.79 Å². The Kier molecular flexibility index (Phi) is 5.10. The maximum Gasteiger partial charge on any atom is 0.262 e. The number of amides is 1. The number of hydrogen-bond acceptors (Lipinski definition) is 2. The van der Waals surface area contributed by atoms with E-state index in [1.165, 1.54) is 0 Å². The fourth-order valence-electron chi connectivity index (χ4n) is 1.80. The smallest absolute Gasteiger partial charge is 0.262 e. The molecule has 2 aromatic rings. The first-order chi connectivity index (χ1) is 9.95. The average molecular weight is 324 g/mol. The third kappa shape index (κ3) is 4.38. The van der Waals surface area contributed by atoms with Gasteiger partial charge in [0, 0.05) is 5.69 Å². The van der Waals surface area contributed by atoms with Gasteiger partial charge in [0.05, 0.1) is 10.0 Å². The van der Waals surface area contributed by atoms with Crippen molar-refractivity contribution in [1.82, 2.24) is 0 Å². The average Bonchev–Trinajstić information content (AvgIpc) is 2.40. The number of halogens is 2. The van der Waals surface area contributed by atoms with E-state index in [0.717, 1.165) is 16.8 Å². The molecule has 110 valence electrons. The lowest BCUT2D eigenvalue weighted by Gasteiger charge is -2.11. The molecule has 3 nitrogen and oxygen atoms in total. The molecule has 0 aromatic heterocycles. The normalized spacial score (nSPS) is 10.3. The lowest BCUT2D eigenvalue weighted by atomic mass is 10.2. The summed E-state index contributed by atoms with van der Waals surface area (Å²) in [5.41, 5.74) is 2.78. The van der Waals surface area contributed by atoms with Gasteiger partial charge in [-0.2, -0.15) is 0 Å². The van der Waals surface area contributed by atoms with Crippen molar-refractivity contribution in [2.24, 2.45) is 0 Å². The first kappa shape index (κ1) is 15.7. The Morgan fingerprint density at radius 1 is 1.05 bits per heavy atom. The summed E-state index contributed by atoms with van der Waals surface area (Å²) >= 11 is 12.1. The van der Waals surface area contributed by atoms with E-state index in [0.29, 0.717) is 15.8 Å². The highest BCUT2D eigenvalue weighted by molar-refractivity contribution is 6.37. The van der Waals surface area contributed by atoms with Crippen LogP contribution in [0.15, 0.2) is 36.4 Å². The van der Waals surface area contributed by atoms with Gasteiger partial charge in [-0.25, -0.2) is 0 Å². The molecule has 0 spiro atoms. The van der Waals surface area contributed by atoms with Crippen LogP contribution in [0.2, 0.25) is 10.0 Å². The first-order valence-electron chi connectivity index (χ1n) is 6.40. The maximum absolute atomic E-state index is 11.8. The number of nitrogens with one attached hydrogen (secondary N) is 1. The van der Waals surface area contributed by atoms with Crippen LogP contribution in [-0.4, -0.2) is 12.5 Å². The molecular formula is C16H15Cl2NO2. The Morgan fingerprint density at radius 2 is 1.62 bits per heavy atom. The van der Waals surface area contributed by atoms with Crippen molar-refractivity contribution in [3.8, 4) is 5.75 Å². The van der Waals surface area contributed by atoms with Crippen molar-refractivity contribution >= 4 is 34.8 Å². The number of hydrogen-bond donors (Lipinski definition) is 1. The van der Waals surface area contributed by atoms with Crippen LogP contribution in [0.1, 0.15) is 11.1 Å². The van der Waals surface area contributed by atoms with E-state index in [9.17, 15) is 4.79 Å². The summed E-state index contributed by atoms with van der Waals surface area (Å²) in [6.07, 6.45) is 0. The second-order valence-electron chi connectivity index (χ2n) is 4.76. The summed E-state index contributed by atoms with van der Waals surface area (Å²) in [5, 5.41) is 3.52. The van der Waals surface area contributed by atoms with Gasteiger partial charge in [-0.15, -0.1) is 0 Å². The molecule has 0 aliphatic heterocycles. The van der Waals surface area contributed by atoms with Crippen LogP contribution in [0.5, 0.6) is 5.75 Å². The van der Waals surface area contributed by atoms with Crippen molar-refractivity contribution < 1.29 is 9.53 Å². The molecule has 0 radical (unpaired) electrons. The van der Waals surface area contributed by atoms with Gasteiger partial charge < -0.3 is 10.1 Å². The van der Waals surface area contributed by atoms with Gasteiger partial charge in [0.15, 0.2) is 12.4 Å². The zero-order valence-electron chi connectivity index (χ0n) is 11.7. The van der Waals surface area contributed by atoms with Crippen molar-refractivity contribution in [3.63, 3.8) is 0 Å². The summed E-state index contributed by atoms with van der Waals surface area (Å²) in [4.78, 5) is 11.8. The molecule has 21 heavy (non-hydrogen) atoms. The van der Waals surface area contributed by atoms with E-state index < -0.39 is 0 Å². The van der Waals surface area contributed by atoms with E-state index in [1.807, 2.05) is 38.1 Å². The predicted octanol–water partition coefficient (Wildman–Crippen LogP) is 4.63. The number of anilines is 1. The molecule has 0 saturated carbocycles. The number of rotatable bonds is 4. The predicted molar refractivity (Wildman–Crippen MR) is 86.5 cm³/mol. The second kappa shape index (κ2) is 6.83.